The topological polar surface area (TPSA) is 105 Å². The molecule has 0 radical (unpaired) electrons. The normalized spacial score (nSPS) is 15.9. The first-order valence-corrected chi connectivity index (χ1v) is 21.1. The van der Waals surface area contributed by atoms with Crippen molar-refractivity contribution in [2.75, 3.05) is 26.4 Å². The lowest BCUT2D eigenvalue weighted by molar-refractivity contribution is -0.173. The van der Waals surface area contributed by atoms with Gasteiger partial charge in [0.2, 0.25) is 0 Å². The molecule has 0 fully saturated rings. The van der Waals surface area contributed by atoms with E-state index in [1.165, 1.54) is 22.3 Å². The van der Waals surface area contributed by atoms with E-state index >= 15 is 0 Å². The maximum Gasteiger partial charge on any atom is 0.324 e. The molecule has 0 saturated heterocycles. The van der Waals surface area contributed by atoms with E-state index in [0.29, 0.717) is 0 Å². The Hall–Kier alpha value is -5.24. The number of hydrogen-bond acceptors (Lipinski definition) is 8. The van der Waals surface area contributed by atoms with Crippen LogP contribution in [0.4, 0.5) is 0 Å². The number of carbonyl (C=O) groups is 4. The number of carbonyl (C=O) groups excluding carboxylic acids is 4. The summed E-state index contributed by atoms with van der Waals surface area (Å²) in [5.74, 6) is -2.26. The highest BCUT2D eigenvalue weighted by atomic mass is 16.6. The summed E-state index contributed by atoms with van der Waals surface area (Å²) in [5.41, 5.74) is 5.15. The lowest BCUT2D eigenvalue weighted by atomic mass is 9.76. The Kier molecular flexibility index (Phi) is 16.3. The van der Waals surface area contributed by atoms with Crippen molar-refractivity contribution in [1.82, 2.24) is 0 Å². The number of esters is 4. The van der Waals surface area contributed by atoms with Gasteiger partial charge in [0.1, 0.15) is 0 Å². The molecular weight excluding hydrogens is 729 g/mol. The molecule has 0 aromatic heterocycles. The third kappa shape index (κ3) is 11.5. The van der Waals surface area contributed by atoms with E-state index in [0.717, 1.165) is 73.6 Å². The largest absolute Gasteiger partial charge is 0.465 e. The van der Waals surface area contributed by atoms with E-state index in [9.17, 15) is 19.2 Å². The number of hydrogen-bond donors (Lipinski definition) is 0. The van der Waals surface area contributed by atoms with Gasteiger partial charge >= 0.3 is 23.9 Å². The van der Waals surface area contributed by atoms with Crippen molar-refractivity contribution in [3.63, 3.8) is 0 Å². The molecule has 8 nitrogen and oxygen atoms in total. The average Bonchev–Trinajstić information content (AvgIpc) is 3.23. The molecule has 0 amide bonds. The van der Waals surface area contributed by atoms with Crippen LogP contribution in [0.15, 0.2) is 97.1 Å². The first kappa shape index (κ1) is 43.9. The predicted molar refractivity (Wildman–Crippen MR) is 225 cm³/mol. The second-order valence-electron chi connectivity index (χ2n) is 15.4. The molecule has 58 heavy (non-hydrogen) atoms. The second-order valence-corrected chi connectivity index (χ2v) is 15.4. The number of ether oxygens (including phenoxy) is 4. The molecule has 4 aromatic carbocycles. The Balaban J connectivity index is 1.43. The summed E-state index contributed by atoms with van der Waals surface area (Å²) in [6, 6.07) is 32.6. The van der Waals surface area contributed by atoms with Crippen LogP contribution in [0.5, 0.6) is 0 Å². The molecule has 308 valence electrons. The fourth-order valence-corrected chi connectivity index (χ4v) is 7.95. The third-order valence-corrected chi connectivity index (χ3v) is 11.1. The molecule has 0 atom stereocenters. The van der Waals surface area contributed by atoms with Gasteiger partial charge in [0.25, 0.3) is 0 Å². The first-order valence-electron chi connectivity index (χ1n) is 21.1. The minimum atomic E-state index is -1.51. The van der Waals surface area contributed by atoms with Crippen molar-refractivity contribution in [3.05, 3.63) is 142 Å². The zero-order valence-electron chi connectivity index (χ0n) is 34.8. The molecule has 0 spiro atoms. The molecule has 0 unspecified atom stereocenters. The van der Waals surface area contributed by atoms with Gasteiger partial charge in [-0.25, -0.2) is 0 Å². The van der Waals surface area contributed by atoms with Gasteiger partial charge in [-0.3, -0.25) is 19.2 Å². The molecule has 0 saturated carbocycles. The van der Waals surface area contributed by atoms with Crippen LogP contribution in [-0.4, -0.2) is 50.3 Å². The average molecular weight is 789 g/mol. The Bertz CT molecular complexity index is 1640. The van der Waals surface area contributed by atoms with Gasteiger partial charge in [-0.05, 0) is 149 Å². The van der Waals surface area contributed by atoms with Crippen LogP contribution in [0, 0.1) is 10.8 Å². The molecule has 0 heterocycles. The molecule has 11 rings (SSSR count). The first-order chi connectivity index (χ1) is 28.1. The second kappa shape index (κ2) is 21.5. The maximum absolute atomic E-state index is 13.7. The fraction of sp³-hybridized carbons (Fsp3) is 0.440. The Morgan fingerprint density at radius 3 is 0.690 bits per heavy atom. The monoisotopic (exact) mass is 788 g/mol. The summed E-state index contributed by atoms with van der Waals surface area (Å²) < 4.78 is 22.2. The molecule has 8 heteroatoms. The van der Waals surface area contributed by atoms with Crippen molar-refractivity contribution in [3.8, 4) is 0 Å². The van der Waals surface area contributed by atoms with E-state index in [1.807, 2.05) is 48.5 Å². The Morgan fingerprint density at radius 1 is 0.345 bits per heavy atom. The Morgan fingerprint density at radius 2 is 0.517 bits per heavy atom. The van der Waals surface area contributed by atoms with Crippen molar-refractivity contribution >= 4 is 23.9 Å². The quantitative estimate of drug-likeness (QED) is 0.0991. The van der Waals surface area contributed by atoms with Gasteiger partial charge in [-0.15, -0.1) is 0 Å². The highest BCUT2D eigenvalue weighted by molar-refractivity contribution is 6.01. The molecule has 4 aromatic rings. The van der Waals surface area contributed by atoms with Crippen LogP contribution < -0.4 is 0 Å². The zero-order chi connectivity index (χ0) is 41.4. The van der Waals surface area contributed by atoms with Gasteiger partial charge in [-0.1, -0.05) is 97.1 Å². The SMILES string of the molecule is CCOC(=O)C1(C(=O)OCC)Cc2ccc(cc2)CCCCc2ccc(cc2)CC(C(=O)OCC)(C(=O)OCC)Cc2ccc(cc2)CCCCc2ccc(cc2)C1. The summed E-state index contributed by atoms with van der Waals surface area (Å²) in [5, 5.41) is 0. The minimum absolute atomic E-state index is 0.165. The summed E-state index contributed by atoms with van der Waals surface area (Å²) in [6.45, 7) is 7.67. The van der Waals surface area contributed by atoms with Crippen molar-refractivity contribution < 1.29 is 38.1 Å². The van der Waals surface area contributed by atoms with Gasteiger partial charge in [0.15, 0.2) is 10.8 Å². The number of aryl methyl sites for hydroxylation is 4. The standard InChI is InChI=1S/C50H60O8/c1-5-55-45(51)49(46(52)56-6-2)33-41-25-17-37(18-26-41)13-9-11-15-39-21-29-43(30-22-39)35-50(47(53)57-7-3,48(54)58-8-4)36-44-31-23-40(24-32-44)16-12-10-14-38-19-27-42(34-49)28-20-38/h17-32H,5-16,33-36H2,1-4H3. The van der Waals surface area contributed by atoms with Crippen LogP contribution in [0.2, 0.25) is 0 Å². The fourth-order valence-electron chi connectivity index (χ4n) is 7.95. The predicted octanol–water partition coefficient (Wildman–Crippen LogP) is 8.93. The van der Waals surface area contributed by atoms with E-state index < -0.39 is 34.7 Å². The smallest absolute Gasteiger partial charge is 0.324 e. The Labute approximate surface area is 344 Å². The van der Waals surface area contributed by atoms with Crippen LogP contribution in [0.25, 0.3) is 0 Å². The zero-order valence-corrected chi connectivity index (χ0v) is 34.8. The molecule has 8 bridgehead atoms. The summed E-state index contributed by atoms with van der Waals surface area (Å²) >= 11 is 0. The lowest BCUT2D eigenvalue weighted by Gasteiger charge is -2.29. The van der Waals surface area contributed by atoms with Crippen LogP contribution in [0.1, 0.15) is 97.9 Å². The highest BCUT2D eigenvalue weighted by Gasteiger charge is 2.50. The maximum atomic E-state index is 13.7. The van der Waals surface area contributed by atoms with Crippen molar-refractivity contribution in [2.45, 2.75) is 105 Å². The third-order valence-electron chi connectivity index (χ3n) is 11.1. The number of rotatable bonds is 8. The highest BCUT2D eigenvalue weighted by Crippen LogP contribution is 2.34. The summed E-state index contributed by atoms with van der Waals surface area (Å²) in [4.78, 5) is 54.9. The minimum Gasteiger partial charge on any atom is -0.465 e. The van der Waals surface area contributed by atoms with E-state index in [-0.39, 0.29) is 52.1 Å². The summed E-state index contributed by atoms with van der Waals surface area (Å²) in [7, 11) is 0. The van der Waals surface area contributed by atoms with Gasteiger partial charge < -0.3 is 18.9 Å². The number of benzene rings is 4. The molecule has 7 aliphatic carbocycles. The van der Waals surface area contributed by atoms with Gasteiger partial charge in [0, 0.05) is 0 Å². The molecule has 0 N–H and O–H groups in total. The van der Waals surface area contributed by atoms with Crippen molar-refractivity contribution in [1.29, 1.82) is 0 Å². The van der Waals surface area contributed by atoms with Gasteiger partial charge in [-0.2, -0.15) is 0 Å². The summed E-state index contributed by atoms with van der Waals surface area (Å²) in [6.07, 6.45) is 8.11. The molecular formula is C50H60O8. The van der Waals surface area contributed by atoms with E-state index in [4.69, 9.17) is 18.9 Å². The van der Waals surface area contributed by atoms with Crippen LogP contribution >= 0.6 is 0 Å². The van der Waals surface area contributed by atoms with Crippen LogP contribution in [-0.2, 0) is 89.5 Å². The van der Waals surface area contributed by atoms with Gasteiger partial charge in [0.05, 0.1) is 26.4 Å². The molecule has 0 aliphatic heterocycles. The molecule has 7 aliphatic rings. The van der Waals surface area contributed by atoms with Crippen LogP contribution in [0.3, 0.4) is 0 Å². The van der Waals surface area contributed by atoms with E-state index in [2.05, 4.69) is 48.5 Å². The lowest BCUT2D eigenvalue weighted by Crippen LogP contribution is -2.45. The van der Waals surface area contributed by atoms with E-state index in [1.54, 1.807) is 27.7 Å². The van der Waals surface area contributed by atoms with Crippen molar-refractivity contribution in [2.24, 2.45) is 10.8 Å².